The molecule has 2 aliphatic rings. The zero-order chi connectivity index (χ0) is 17.4. The number of aromatic nitrogens is 2. The number of benzene rings is 1. The largest absolute Gasteiger partial charge is 0.348 e. The lowest BCUT2D eigenvalue weighted by atomic mass is 9.88. The molecule has 1 aromatic heterocycles. The summed E-state index contributed by atoms with van der Waals surface area (Å²) in [4.78, 5) is 12.5. The van der Waals surface area contributed by atoms with Crippen molar-refractivity contribution in [3.05, 3.63) is 52.3 Å². The minimum absolute atomic E-state index is 0.00405. The smallest absolute Gasteiger partial charge is 0.282 e. The molecule has 6 heteroatoms. The zero-order valence-electron chi connectivity index (χ0n) is 14.0. The summed E-state index contributed by atoms with van der Waals surface area (Å²) in [6.07, 6.45) is 2.59. The first kappa shape index (κ1) is 16.2. The van der Waals surface area contributed by atoms with Crippen LogP contribution in [-0.4, -0.2) is 15.7 Å². The molecule has 1 amide bonds. The third-order valence-corrected chi connectivity index (χ3v) is 5.24. The van der Waals surface area contributed by atoms with Gasteiger partial charge in [-0.05, 0) is 49.7 Å². The van der Waals surface area contributed by atoms with Crippen LogP contribution in [0.15, 0.2) is 24.3 Å². The second-order valence-electron chi connectivity index (χ2n) is 6.83. The highest BCUT2D eigenvalue weighted by atomic mass is 19.3. The van der Waals surface area contributed by atoms with E-state index in [0.29, 0.717) is 18.4 Å². The van der Waals surface area contributed by atoms with Crippen molar-refractivity contribution >= 4 is 5.91 Å². The third-order valence-electron chi connectivity index (χ3n) is 5.24. The average Bonchev–Trinajstić information content (AvgIpc) is 3.19. The molecule has 0 aliphatic heterocycles. The third kappa shape index (κ3) is 3.05. The van der Waals surface area contributed by atoms with Crippen molar-refractivity contribution in [3.63, 3.8) is 0 Å². The predicted octanol–water partition coefficient (Wildman–Crippen LogP) is 3.50. The van der Waals surface area contributed by atoms with Gasteiger partial charge in [0.05, 0.1) is 6.04 Å². The summed E-state index contributed by atoms with van der Waals surface area (Å²) >= 11 is 0. The molecule has 2 aliphatic carbocycles. The molecular formula is C19H21F2N3O. The number of halogens is 2. The second kappa shape index (κ2) is 6.58. The van der Waals surface area contributed by atoms with Gasteiger partial charge in [0.2, 0.25) is 5.91 Å². The maximum absolute atomic E-state index is 13.1. The van der Waals surface area contributed by atoms with Gasteiger partial charge in [-0.1, -0.05) is 24.3 Å². The molecule has 0 radical (unpaired) electrons. The van der Waals surface area contributed by atoms with E-state index in [0.717, 1.165) is 31.4 Å². The van der Waals surface area contributed by atoms with Crippen LogP contribution in [0.4, 0.5) is 8.78 Å². The maximum atomic E-state index is 13.1. The monoisotopic (exact) mass is 345 g/mol. The van der Waals surface area contributed by atoms with Crippen LogP contribution >= 0.6 is 0 Å². The van der Waals surface area contributed by atoms with Gasteiger partial charge in [0.25, 0.3) is 6.43 Å². The van der Waals surface area contributed by atoms with Crippen LogP contribution in [0.3, 0.4) is 0 Å². The van der Waals surface area contributed by atoms with Crippen LogP contribution in [0.25, 0.3) is 0 Å². The fourth-order valence-corrected chi connectivity index (χ4v) is 4.13. The zero-order valence-corrected chi connectivity index (χ0v) is 14.0. The fourth-order valence-electron chi connectivity index (χ4n) is 4.13. The van der Waals surface area contributed by atoms with E-state index in [4.69, 9.17) is 0 Å². The van der Waals surface area contributed by atoms with Gasteiger partial charge in [-0.15, -0.1) is 0 Å². The van der Waals surface area contributed by atoms with Gasteiger partial charge in [-0.25, -0.2) is 8.78 Å². The van der Waals surface area contributed by atoms with Gasteiger partial charge in [0.1, 0.15) is 12.2 Å². The molecule has 4 nitrogen and oxygen atoms in total. The number of nitrogens with one attached hydrogen (secondary N) is 1. The number of fused-ring (bicyclic) bond motifs is 2. The Morgan fingerprint density at radius 2 is 2.08 bits per heavy atom. The molecule has 4 rings (SSSR count). The molecule has 0 saturated carbocycles. The molecule has 0 saturated heterocycles. The number of carbonyl (C=O) groups excluding carboxylic acids is 1. The van der Waals surface area contributed by atoms with E-state index in [2.05, 4.69) is 22.5 Å². The molecule has 25 heavy (non-hydrogen) atoms. The normalized spacial score (nSPS) is 18.9. The minimum Gasteiger partial charge on any atom is -0.348 e. The summed E-state index contributed by atoms with van der Waals surface area (Å²) in [5.41, 5.74) is 3.74. The first-order valence-corrected chi connectivity index (χ1v) is 8.87. The van der Waals surface area contributed by atoms with E-state index in [1.807, 2.05) is 12.1 Å². The molecule has 1 N–H and O–H groups in total. The van der Waals surface area contributed by atoms with Crippen molar-refractivity contribution < 1.29 is 13.6 Å². The molecular weight excluding hydrogens is 324 g/mol. The van der Waals surface area contributed by atoms with Crippen LogP contribution in [0.2, 0.25) is 0 Å². The lowest BCUT2D eigenvalue weighted by Gasteiger charge is -2.26. The van der Waals surface area contributed by atoms with Gasteiger partial charge in [-0.3, -0.25) is 9.48 Å². The van der Waals surface area contributed by atoms with Crippen molar-refractivity contribution in [2.45, 2.75) is 57.5 Å². The fraction of sp³-hybridized carbons (Fsp3) is 0.474. The van der Waals surface area contributed by atoms with Crippen molar-refractivity contribution in [2.24, 2.45) is 0 Å². The topological polar surface area (TPSA) is 46.9 Å². The van der Waals surface area contributed by atoms with Gasteiger partial charge in [0, 0.05) is 11.3 Å². The first-order valence-electron chi connectivity index (χ1n) is 8.87. The summed E-state index contributed by atoms with van der Waals surface area (Å²) in [7, 11) is 0. The Bertz CT molecular complexity index is 800. The van der Waals surface area contributed by atoms with Crippen molar-refractivity contribution in [1.29, 1.82) is 0 Å². The van der Waals surface area contributed by atoms with Crippen molar-refractivity contribution in [1.82, 2.24) is 15.1 Å². The van der Waals surface area contributed by atoms with E-state index in [-0.39, 0.29) is 24.2 Å². The van der Waals surface area contributed by atoms with Crippen molar-refractivity contribution in [2.75, 3.05) is 0 Å². The summed E-state index contributed by atoms with van der Waals surface area (Å²) in [6, 6.07) is 8.15. The van der Waals surface area contributed by atoms with E-state index in [9.17, 15) is 13.6 Å². The van der Waals surface area contributed by atoms with E-state index in [1.54, 1.807) is 0 Å². The summed E-state index contributed by atoms with van der Waals surface area (Å²) < 4.78 is 27.7. The second-order valence-corrected chi connectivity index (χ2v) is 6.83. The Hall–Kier alpha value is -2.24. The highest BCUT2D eigenvalue weighted by Crippen LogP contribution is 2.32. The molecule has 0 fully saturated rings. The number of carbonyl (C=O) groups is 1. The van der Waals surface area contributed by atoms with E-state index < -0.39 is 6.43 Å². The number of nitrogens with zero attached hydrogens (tertiary/aromatic N) is 2. The molecule has 0 spiro atoms. The molecule has 2 aromatic rings. The SMILES string of the molecule is O=C(Cn1nc(C(F)F)c2c1CCC2)N[C@H]1CCCc2ccccc21. The van der Waals surface area contributed by atoms with Crippen LogP contribution in [-0.2, 0) is 30.6 Å². The maximum Gasteiger partial charge on any atom is 0.282 e. The molecule has 0 bridgehead atoms. The number of amides is 1. The lowest BCUT2D eigenvalue weighted by molar-refractivity contribution is -0.122. The quantitative estimate of drug-likeness (QED) is 0.922. The number of aryl methyl sites for hydroxylation is 1. The van der Waals surface area contributed by atoms with Crippen LogP contribution in [0.5, 0.6) is 0 Å². The molecule has 1 aromatic carbocycles. The van der Waals surface area contributed by atoms with E-state index >= 15 is 0 Å². The number of rotatable bonds is 4. The van der Waals surface area contributed by atoms with Gasteiger partial charge in [-0.2, -0.15) is 5.10 Å². The summed E-state index contributed by atoms with van der Waals surface area (Å²) in [6.45, 7) is 0.00766. The molecule has 0 unspecified atom stereocenters. The molecule has 1 heterocycles. The number of hydrogen-bond acceptors (Lipinski definition) is 2. The van der Waals surface area contributed by atoms with Crippen molar-refractivity contribution in [3.8, 4) is 0 Å². The molecule has 132 valence electrons. The van der Waals surface area contributed by atoms with Crippen LogP contribution in [0, 0.1) is 0 Å². The Labute approximate surface area is 145 Å². The van der Waals surface area contributed by atoms with Gasteiger partial charge >= 0.3 is 0 Å². The Kier molecular flexibility index (Phi) is 4.27. The lowest BCUT2D eigenvalue weighted by Crippen LogP contribution is -2.34. The standard InChI is InChI=1S/C19H21F2N3O/c20-19(21)18-14-8-4-10-16(14)24(23-18)11-17(25)22-15-9-3-6-12-5-1-2-7-13(12)15/h1-2,5,7,15,19H,3-4,6,8-11H2,(H,22,25)/t15-/m0/s1. The average molecular weight is 345 g/mol. The first-order chi connectivity index (χ1) is 12.1. The highest BCUT2D eigenvalue weighted by Gasteiger charge is 2.28. The molecule has 1 atom stereocenters. The Balaban J connectivity index is 1.50. The number of hydrogen-bond donors (Lipinski definition) is 1. The van der Waals surface area contributed by atoms with E-state index in [1.165, 1.54) is 15.8 Å². The Morgan fingerprint density at radius 1 is 1.24 bits per heavy atom. The number of alkyl halides is 2. The highest BCUT2D eigenvalue weighted by molar-refractivity contribution is 5.76. The van der Waals surface area contributed by atoms with Gasteiger partial charge in [0.15, 0.2) is 0 Å². The summed E-state index contributed by atoms with van der Waals surface area (Å²) in [5, 5.41) is 7.08. The Morgan fingerprint density at radius 3 is 2.92 bits per heavy atom. The van der Waals surface area contributed by atoms with Gasteiger partial charge < -0.3 is 5.32 Å². The minimum atomic E-state index is -2.58. The summed E-state index contributed by atoms with van der Waals surface area (Å²) in [5.74, 6) is -0.167. The van der Waals surface area contributed by atoms with Crippen LogP contribution in [0.1, 0.15) is 59.8 Å². The van der Waals surface area contributed by atoms with Crippen LogP contribution < -0.4 is 5.32 Å². The predicted molar refractivity (Wildman–Crippen MR) is 89.5 cm³/mol.